The van der Waals surface area contributed by atoms with Gasteiger partial charge in [0.05, 0.1) is 13.2 Å². The summed E-state index contributed by atoms with van der Waals surface area (Å²) < 4.78 is 55.4. The summed E-state index contributed by atoms with van der Waals surface area (Å²) in [5, 5.41) is 0. The van der Waals surface area contributed by atoms with Gasteiger partial charge in [-0.3, -0.25) is 0 Å². The van der Waals surface area contributed by atoms with E-state index in [0.29, 0.717) is 30.4 Å². The number of allylic oxidation sites excluding steroid dienone is 1. The maximum Gasteiger partial charge on any atom is 0.200 e. The molecule has 2 aromatic rings. The van der Waals surface area contributed by atoms with Gasteiger partial charge in [0.2, 0.25) is 5.82 Å². The lowest BCUT2D eigenvalue weighted by Crippen LogP contribution is -2.20. The third kappa shape index (κ3) is 6.66. The van der Waals surface area contributed by atoms with Gasteiger partial charge in [0, 0.05) is 0 Å². The van der Waals surface area contributed by atoms with E-state index in [4.69, 9.17) is 9.47 Å². The van der Waals surface area contributed by atoms with Crippen LogP contribution < -0.4 is 9.47 Å². The van der Waals surface area contributed by atoms with E-state index < -0.39 is 11.6 Å². The van der Waals surface area contributed by atoms with Crippen LogP contribution in [0.2, 0.25) is 0 Å². The van der Waals surface area contributed by atoms with Gasteiger partial charge in [-0.15, -0.1) is 6.58 Å². The molecule has 0 aromatic heterocycles. The number of benzene rings is 2. The first-order valence-electron chi connectivity index (χ1n) is 13.6. The molecule has 0 aliphatic heterocycles. The number of hydrogen-bond acceptors (Lipinski definition) is 2. The van der Waals surface area contributed by atoms with Crippen LogP contribution in [0.15, 0.2) is 43.0 Å². The van der Waals surface area contributed by atoms with Crippen molar-refractivity contribution in [3.05, 3.63) is 71.6 Å². The normalized spacial score (nSPS) is 24.3. The molecule has 0 N–H and O–H groups in total. The number of hydrogen-bond donors (Lipinski definition) is 0. The van der Waals surface area contributed by atoms with Crippen LogP contribution >= 0.6 is 0 Å². The van der Waals surface area contributed by atoms with Crippen LogP contribution in [0, 0.1) is 29.3 Å². The summed E-state index contributed by atoms with van der Waals surface area (Å²) in [5.74, 6) is -0.290. The molecule has 2 aliphatic carbocycles. The molecule has 0 saturated heterocycles. The van der Waals surface area contributed by atoms with Crippen LogP contribution in [-0.4, -0.2) is 13.2 Å². The lowest BCUT2D eigenvalue weighted by molar-refractivity contribution is 0.192. The van der Waals surface area contributed by atoms with Gasteiger partial charge in [-0.2, -0.15) is 4.39 Å². The van der Waals surface area contributed by atoms with Crippen molar-refractivity contribution in [2.75, 3.05) is 13.2 Å². The molecule has 0 radical (unpaired) electrons. The van der Waals surface area contributed by atoms with E-state index >= 15 is 0 Å². The van der Waals surface area contributed by atoms with Crippen LogP contribution in [0.25, 0.3) is 0 Å². The molecule has 36 heavy (non-hydrogen) atoms. The van der Waals surface area contributed by atoms with Crippen molar-refractivity contribution in [1.82, 2.24) is 0 Å². The zero-order valence-electron chi connectivity index (χ0n) is 21.4. The highest BCUT2D eigenvalue weighted by Gasteiger charge is 2.27. The van der Waals surface area contributed by atoms with Crippen LogP contribution in [0.5, 0.6) is 11.5 Å². The highest BCUT2D eigenvalue weighted by molar-refractivity contribution is 5.34. The predicted octanol–water partition coefficient (Wildman–Crippen LogP) is 9.10. The molecule has 5 heteroatoms. The fraction of sp³-hybridized carbons (Fsp3) is 0.548. The van der Waals surface area contributed by atoms with Crippen LogP contribution in [0.4, 0.5) is 13.2 Å². The van der Waals surface area contributed by atoms with Crippen molar-refractivity contribution in [2.45, 2.75) is 83.0 Å². The fourth-order valence-corrected chi connectivity index (χ4v) is 5.71. The molecule has 0 unspecified atom stereocenters. The molecular formula is C31H39F3O2. The Bertz CT molecular complexity index is 1010. The first-order valence-corrected chi connectivity index (χ1v) is 13.6. The molecule has 2 aliphatic rings. The maximum absolute atomic E-state index is 14.8. The van der Waals surface area contributed by atoms with Crippen molar-refractivity contribution >= 4 is 0 Å². The molecule has 0 atom stereocenters. The first-order chi connectivity index (χ1) is 17.5. The van der Waals surface area contributed by atoms with Gasteiger partial charge in [-0.05, 0) is 104 Å². The molecular weight excluding hydrogens is 461 g/mol. The van der Waals surface area contributed by atoms with Gasteiger partial charge in [0.15, 0.2) is 23.1 Å². The van der Waals surface area contributed by atoms with Crippen LogP contribution in [0.3, 0.4) is 0 Å². The Balaban J connectivity index is 1.26. The molecule has 2 fully saturated rings. The van der Waals surface area contributed by atoms with E-state index in [1.165, 1.54) is 0 Å². The van der Waals surface area contributed by atoms with Crippen molar-refractivity contribution in [3.8, 4) is 11.5 Å². The molecule has 4 rings (SSSR count). The van der Waals surface area contributed by atoms with Crippen molar-refractivity contribution < 1.29 is 22.6 Å². The maximum atomic E-state index is 14.8. The number of halogens is 3. The van der Waals surface area contributed by atoms with Crippen molar-refractivity contribution in [3.63, 3.8) is 0 Å². The number of unbranched alkanes of at least 4 members (excludes halogenated alkanes) is 1. The second-order valence-corrected chi connectivity index (χ2v) is 10.7. The minimum absolute atomic E-state index is 0.00769. The zero-order valence-corrected chi connectivity index (χ0v) is 21.4. The average molecular weight is 501 g/mol. The average Bonchev–Trinajstić information content (AvgIpc) is 2.89. The topological polar surface area (TPSA) is 18.5 Å². The Hall–Kier alpha value is -2.43. The van der Waals surface area contributed by atoms with E-state index in [0.717, 1.165) is 69.8 Å². The van der Waals surface area contributed by atoms with Gasteiger partial charge < -0.3 is 9.47 Å². The highest BCUT2D eigenvalue weighted by atomic mass is 19.2. The van der Waals surface area contributed by atoms with Crippen LogP contribution in [0.1, 0.15) is 94.1 Å². The number of ether oxygens (including phenoxy) is 2. The minimum atomic E-state index is -0.859. The summed E-state index contributed by atoms with van der Waals surface area (Å²) in [4.78, 5) is 0. The van der Waals surface area contributed by atoms with E-state index in [2.05, 4.69) is 13.5 Å². The molecule has 196 valence electrons. The molecule has 0 heterocycles. The lowest BCUT2D eigenvalue weighted by Gasteiger charge is -2.29. The minimum Gasteiger partial charge on any atom is -0.491 e. The van der Waals surface area contributed by atoms with E-state index in [1.54, 1.807) is 24.3 Å². The Labute approximate surface area is 213 Å². The second-order valence-electron chi connectivity index (χ2n) is 10.7. The largest absolute Gasteiger partial charge is 0.491 e. The summed E-state index contributed by atoms with van der Waals surface area (Å²) in [6.45, 7) is 6.74. The van der Waals surface area contributed by atoms with Gasteiger partial charge in [-0.1, -0.05) is 38.0 Å². The Morgan fingerprint density at radius 1 is 0.833 bits per heavy atom. The summed E-state index contributed by atoms with van der Waals surface area (Å²) >= 11 is 0. The third-order valence-corrected chi connectivity index (χ3v) is 8.09. The van der Waals surface area contributed by atoms with Crippen LogP contribution in [-0.2, 0) is 0 Å². The molecule has 0 amide bonds. The first kappa shape index (κ1) is 26.6. The predicted molar refractivity (Wildman–Crippen MR) is 138 cm³/mol. The van der Waals surface area contributed by atoms with Gasteiger partial charge in [0.1, 0.15) is 0 Å². The summed E-state index contributed by atoms with van der Waals surface area (Å²) in [6, 6.07) is 8.59. The van der Waals surface area contributed by atoms with Crippen molar-refractivity contribution in [2.24, 2.45) is 11.8 Å². The standard InChI is InChI=1S/C31H39F3O2/c1-3-4-5-18-35-28-16-14-25(19-27(28)32)23-12-8-22(9-13-23)20-36-29-17-15-26(30(33)31(29)34)24-10-6-21(2)7-11-24/h3,14-17,19,21-24H,1,4-13,18,20H2,2H3. The molecule has 0 bridgehead atoms. The second kappa shape index (κ2) is 12.7. The van der Waals surface area contributed by atoms with Gasteiger partial charge in [-0.25, -0.2) is 8.78 Å². The Kier molecular flexibility index (Phi) is 9.39. The Morgan fingerprint density at radius 3 is 2.22 bits per heavy atom. The molecule has 0 spiro atoms. The van der Waals surface area contributed by atoms with E-state index in [1.807, 2.05) is 12.1 Å². The number of rotatable bonds is 10. The molecule has 2 nitrogen and oxygen atoms in total. The SMILES string of the molecule is C=CCCCOc1ccc(C2CCC(COc3ccc(C4CCC(C)CC4)c(F)c3F)CC2)cc1F. The summed E-state index contributed by atoms with van der Waals surface area (Å²) in [7, 11) is 0. The summed E-state index contributed by atoms with van der Waals surface area (Å²) in [5.41, 5.74) is 1.48. The van der Waals surface area contributed by atoms with Gasteiger partial charge >= 0.3 is 0 Å². The van der Waals surface area contributed by atoms with Crippen molar-refractivity contribution in [1.29, 1.82) is 0 Å². The van der Waals surface area contributed by atoms with E-state index in [9.17, 15) is 13.2 Å². The zero-order chi connectivity index (χ0) is 25.5. The quantitative estimate of drug-likeness (QED) is 0.239. The Morgan fingerprint density at radius 2 is 1.53 bits per heavy atom. The molecule has 2 saturated carbocycles. The van der Waals surface area contributed by atoms with E-state index in [-0.39, 0.29) is 29.3 Å². The molecule has 2 aromatic carbocycles. The smallest absolute Gasteiger partial charge is 0.200 e. The van der Waals surface area contributed by atoms with Gasteiger partial charge in [0.25, 0.3) is 0 Å². The monoisotopic (exact) mass is 500 g/mol. The third-order valence-electron chi connectivity index (χ3n) is 8.09. The lowest BCUT2D eigenvalue weighted by atomic mass is 9.79. The summed E-state index contributed by atoms with van der Waals surface area (Å²) in [6.07, 6.45) is 11.1. The fourth-order valence-electron chi connectivity index (χ4n) is 5.71. The highest BCUT2D eigenvalue weighted by Crippen LogP contribution is 2.40.